The maximum absolute atomic E-state index is 12.4. The van der Waals surface area contributed by atoms with Crippen molar-refractivity contribution in [3.8, 4) is 17.3 Å². The summed E-state index contributed by atoms with van der Waals surface area (Å²) in [6.07, 6.45) is 0. The van der Waals surface area contributed by atoms with E-state index < -0.39 is 5.56 Å². The smallest absolute Gasteiger partial charge is 0.270 e. The van der Waals surface area contributed by atoms with Crippen molar-refractivity contribution in [1.82, 2.24) is 9.97 Å². The monoisotopic (exact) mass is 409 g/mol. The zero-order valence-electron chi connectivity index (χ0n) is 15.3. The molecule has 29 heavy (non-hydrogen) atoms. The van der Waals surface area contributed by atoms with Crippen molar-refractivity contribution < 1.29 is 9.53 Å². The van der Waals surface area contributed by atoms with Gasteiger partial charge in [0.1, 0.15) is 18.2 Å². The Morgan fingerprint density at radius 1 is 1.24 bits per heavy atom. The number of benzene rings is 2. The number of carbonyl (C=O) groups excluding carboxylic acids is 1. The van der Waals surface area contributed by atoms with E-state index >= 15 is 0 Å². The summed E-state index contributed by atoms with van der Waals surface area (Å²) in [7, 11) is 1.42. The summed E-state index contributed by atoms with van der Waals surface area (Å²) in [4.78, 5) is 31.1. The van der Waals surface area contributed by atoms with Gasteiger partial charge in [0, 0.05) is 29.1 Å². The normalized spacial score (nSPS) is 10.2. The molecule has 0 spiro atoms. The number of hydrogen-bond donors (Lipinski definition) is 3. The van der Waals surface area contributed by atoms with Crippen LogP contribution in [0.1, 0.15) is 5.56 Å². The van der Waals surface area contributed by atoms with E-state index in [0.29, 0.717) is 22.0 Å². The van der Waals surface area contributed by atoms with Gasteiger partial charge in [-0.05, 0) is 36.4 Å². The summed E-state index contributed by atoms with van der Waals surface area (Å²) in [6, 6.07) is 15.4. The molecule has 0 aliphatic carbocycles. The molecular weight excluding hydrogens is 394 g/mol. The van der Waals surface area contributed by atoms with E-state index in [1.807, 2.05) is 6.07 Å². The minimum atomic E-state index is -0.581. The van der Waals surface area contributed by atoms with Crippen LogP contribution in [-0.2, 0) is 9.53 Å². The van der Waals surface area contributed by atoms with Gasteiger partial charge >= 0.3 is 0 Å². The van der Waals surface area contributed by atoms with Gasteiger partial charge in [0.25, 0.3) is 5.56 Å². The molecule has 0 atom stereocenters. The van der Waals surface area contributed by atoms with Crippen LogP contribution in [0.5, 0.6) is 0 Å². The van der Waals surface area contributed by atoms with Crippen LogP contribution in [0.4, 0.5) is 17.3 Å². The minimum Gasteiger partial charge on any atom is -0.375 e. The van der Waals surface area contributed by atoms with Crippen LogP contribution in [0, 0.1) is 11.3 Å². The van der Waals surface area contributed by atoms with Crippen LogP contribution in [0.15, 0.2) is 53.3 Å². The first kappa shape index (κ1) is 20.1. The fourth-order valence-corrected chi connectivity index (χ4v) is 2.71. The van der Waals surface area contributed by atoms with Crippen LogP contribution < -0.4 is 16.2 Å². The molecule has 1 aromatic heterocycles. The van der Waals surface area contributed by atoms with Crippen LogP contribution in [0.25, 0.3) is 11.3 Å². The van der Waals surface area contributed by atoms with Crippen molar-refractivity contribution in [2.75, 3.05) is 24.4 Å². The van der Waals surface area contributed by atoms with E-state index in [0.717, 1.165) is 0 Å². The molecule has 1 amide bonds. The van der Waals surface area contributed by atoms with Gasteiger partial charge in [-0.15, -0.1) is 0 Å². The number of amides is 1. The molecule has 0 saturated carbocycles. The molecule has 146 valence electrons. The number of nitriles is 1. The van der Waals surface area contributed by atoms with E-state index in [1.54, 1.807) is 48.5 Å². The molecule has 0 bridgehead atoms. The number of rotatable bonds is 6. The average Bonchev–Trinajstić information content (AvgIpc) is 2.70. The first-order chi connectivity index (χ1) is 14.0. The van der Waals surface area contributed by atoms with Crippen LogP contribution in [0.2, 0.25) is 5.02 Å². The lowest BCUT2D eigenvalue weighted by Crippen LogP contribution is -2.17. The van der Waals surface area contributed by atoms with Crippen LogP contribution in [0.3, 0.4) is 0 Å². The molecule has 3 rings (SSSR count). The zero-order valence-corrected chi connectivity index (χ0v) is 16.1. The third-order valence-corrected chi connectivity index (χ3v) is 4.09. The van der Waals surface area contributed by atoms with E-state index in [-0.39, 0.29) is 29.7 Å². The Morgan fingerprint density at radius 3 is 2.69 bits per heavy atom. The van der Waals surface area contributed by atoms with Gasteiger partial charge in [0.15, 0.2) is 0 Å². The Labute approximate surface area is 171 Å². The molecule has 1 heterocycles. The van der Waals surface area contributed by atoms with E-state index in [9.17, 15) is 14.9 Å². The summed E-state index contributed by atoms with van der Waals surface area (Å²) in [5, 5.41) is 15.7. The Kier molecular flexibility index (Phi) is 6.24. The molecule has 0 saturated heterocycles. The Bertz CT molecular complexity index is 1140. The maximum Gasteiger partial charge on any atom is 0.270 e. The van der Waals surface area contributed by atoms with Gasteiger partial charge in [-0.3, -0.25) is 14.6 Å². The van der Waals surface area contributed by atoms with Crippen molar-refractivity contribution in [2.24, 2.45) is 0 Å². The second kappa shape index (κ2) is 9.01. The molecule has 0 unspecified atom stereocenters. The lowest BCUT2D eigenvalue weighted by molar-refractivity contribution is -0.119. The number of aromatic nitrogens is 2. The SMILES string of the molecule is COCC(=O)Nc1cccc(-c2nc(Nc3ccc(Cl)cc3)[nH]c(=O)c2C#N)c1. The predicted octanol–water partition coefficient (Wildman–Crippen LogP) is 3.29. The molecule has 3 N–H and O–H groups in total. The molecular formula is C20H16ClN5O3. The van der Waals surface area contributed by atoms with Crippen molar-refractivity contribution in [1.29, 1.82) is 5.26 Å². The minimum absolute atomic E-state index is 0.0912. The Hall–Kier alpha value is -3.67. The quantitative estimate of drug-likeness (QED) is 0.574. The Balaban J connectivity index is 1.99. The lowest BCUT2D eigenvalue weighted by Gasteiger charge is -2.10. The van der Waals surface area contributed by atoms with Gasteiger partial charge in [-0.25, -0.2) is 4.98 Å². The average molecular weight is 410 g/mol. The number of nitrogens with zero attached hydrogens (tertiary/aromatic N) is 2. The Morgan fingerprint density at radius 2 is 2.00 bits per heavy atom. The number of H-pyrrole nitrogens is 1. The van der Waals surface area contributed by atoms with Crippen LogP contribution >= 0.6 is 11.6 Å². The molecule has 0 aliphatic heterocycles. The summed E-state index contributed by atoms with van der Waals surface area (Å²) in [6.45, 7) is -0.0912. The summed E-state index contributed by atoms with van der Waals surface area (Å²) in [5.41, 5.74) is 1.13. The van der Waals surface area contributed by atoms with Gasteiger partial charge < -0.3 is 15.4 Å². The van der Waals surface area contributed by atoms with E-state index in [4.69, 9.17) is 16.3 Å². The number of nitrogens with one attached hydrogen (secondary N) is 3. The summed E-state index contributed by atoms with van der Waals surface area (Å²) < 4.78 is 4.79. The fourth-order valence-electron chi connectivity index (χ4n) is 2.59. The van der Waals surface area contributed by atoms with Gasteiger partial charge in [-0.2, -0.15) is 5.26 Å². The highest BCUT2D eigenvalue weighted by Crippen LogP contribution is 2.24. The summed E-state index contributed by atoms with van der Waals surface area (Å²) in [5.74, 6) is -0.158. The standard InChI is InChI=1S/C20H16ClN5O3/c1-29-11-17(27)23-15-4-2-3-12(9-15)18-16(10-22)19(28)26-20(25-18)24-14-7-5-13(21)6-8-14/h2-9H,11H2,1H3,(H,23,27)(H2,24,25,26,28). The first-order valence-electron chi connectivity index (χ1n) is 8.46. The summed E-state index contributed by atoms with van der Waals surface area (Å²) >= 11 is 5.88. The third-order valence-electron chi connectivity index (χ3n) is 3.83. The highest BCUT2D eigenvalue weighted by molar-refractivity contribution is 6.30. The van der Waals surface area contributed by atoms with Gasteiger partial charge in [-0.1, -0.05) is 23.7 Å². The number of aromatic amines is 1. The van der Waals surface area contributed by atoms with Crippen molar-refractivity contribution in [3.05, 3.63) is 69.5 Å². The number of methoxy groups -OCH3 is 1. The predicted molar refractivity (Wildman–Crippen MR) is 110 cm³/mol. The molecule has 2 aromatic carbocycles. The maximum atomic E-state index is 12.4. The zero-order chi connectivity index (χ0) is 20.8. The number of ether oxygens (including phenoxy) is 1. The fraction of sp³-hybridized carbons (Fsp3) is 0.100. The molecule has 0 fully saturated rings. The largest absolute Gasteiger partial charge is 0.375 e. The molecule has 0 aliphatic rings. The third kappa shape index (κ3) is 4.99. The number of anilines is 3. The van der Waals surface area contributed by atoms with Crippen molar-refractivity contribution in [3.63, 3.8) is 0 Å². The number of carbonyl (C=O) groups is 1. The van der Waals surface area contributed by atoms with Crippen molar-refractivity contribution >= 4 is 34.8 Å². The second-order valence-corrected chi connectivity index (χ2v) is 6.38. The highest BCUT2D eigenvalue weighted by Gasteiger charge is 2.14. The second-order valence-electron chi connectivity index (χ2n) is 5.94. The van der Waals surface area contributed by atoms with Gasteiger partial charge in [0.05, 0.1) is 5.69 Å². The highest BCUT2D eigenvalue weighted by atomic mass is 35.5. The lowest BCUT2D eigenvalue weighted by atomic mass is 10.1. The van der Waals surface area contributed by atoms with E-state index in [1.165, 1.54) is 7.11 Å². The van der Waals surface area contributed by atoms with Crippen molar-refractivity contribution in [2.45, 2.75) is 0 Å². The molecule has 9 heteroatoms. The molecule has 3 aromatic rings. The van der Waals surface area contributed by atoms with Crippen LogP contribution in [-0.4, -0.2) is 29.6 Å². The first-order valence-corrected chi connectivity index (χ1v) is 8.84. The van der Waals surface area contributed by atoms with Gasteiger partial charge in [0.2, 0.25) is 11.9 Å². The van der Waals surface area contributed by atoms with E-state index in [2.05, 4.69) is 20.6 Å². The molecule has 8 nitrogen and oxygen atoms in total. The molecule has 0 radical (unpaired) electrons. The number of halogens is 1. The topological polar surface area (TPSA) is 120 Å². The number of hydrogen-bond acceptors (Lipinski definition) is 6.